The molecule has 0 aliphatic carbocycles. The van der Waals surface area contributed by atoms with E-state index in [-0.39, 0.29) is 18.5 Å². The van der Waals surface area contributed by atoms with Crippen molar-refractivity contribution < 1.29 is 9.13 Å². The minimum atomic E-state index is -0.245. The van der Waals surface area contributed by atoms with Gasteiger partial charge in [0.05, 0.1) is 19.3 Å². The summed E-state index contributed by atoms with van der Waals surface area (Å²) in [4.78, 5) is 0. The van der Waals surface area contributed by atoms with Crippen molar-refractivity contribution in [2.45, 2.75) is 12.6 Å². The minimum Gasteiger partial charge on any atom is -0.375 e. The molecule has 1 atom stereocenters. The van der Waals surface area contributed by atoms with Gasteiger partial charge in [-0.15, -0.1) is 0 Å². The Kier molecular flexibility index (Phi) is 4.45. The van der Waals surface area contributed by atoms with Gasteiger partial charge < -0.3 is 10.5 Å². The van der Waals surface area contributed by atoms with E-state index in [9.17, 15) is 4.39 Å². The van der Waals surface area contributed by atoms with Gasteiger partial charge in [-0.05, 0) is 11.6 Å². The van der Waals surface area contributed by atoms with Crippen molar-refractivity contribution in [1.29, 1.82) is 0 Å². The van der Waals surface area contributed by atoms with Crippen LogP contribution in [0, 0.1) is 5.82 Å². The van der Waals surface area contributed by atoms with Gasteiger partial charge in [-0.2, -0.15) is 0 Å². The minimum absolute atomic E-state index is 0.182. The van der Waals surface area contributed by atoms with Crippen LogP contribution in [0.2, 0.25) is 0 Å². The first kappa shape index (κ1) is 12.7. The normalized spacial score (nSPS) is 12.3. The molecule has 1 unspecified atom stereocenters. The summed E-state index contributed by atoms with van der Waals surface area (Å²) in [5.74, 6) is -0.245. The molecule has 0 fully saturated rings. The maximum Gasteiger partial charge on any atom is 0.128 e. The van der Waals surface area contributed by atoms with Gasteiger partial charge in [0.1, 0.15) is 5.82 Å². The van der Waals surface area contributed by atoms with Crippen molar-refractivity contribution >= 4 is 0 Å². The Bertz CT molecular complexity index is 487. The highest BCUT2D eigenvalue weighted by Crippen LogP contribution is 2.12. The molecule has 0 saturated carbocycles. The van der Waals surface area contributed by atoms with Crippen LogP contribution in [-0.4, -0.2) is 6.61 Å². The maximum atomic E-state index is 13.3. The summed E-state index contributed by atoms with van der Waals surface area (Å²) in [7, 11) is 0. The Balaban J connectivity index is 1.84. The number of rotatable bonds is 5. The lowest BCUT2D eigenvalue weighted by atomic mass is 10.1. The number of ether oxygens (including phenoxy) is 1. The van der Waals surface area contributed by atoms with Crippen LogP contribution in [0.1, 0.15) is 17.2 Å². The topological polar surface area (TPSA) is 35.2 Å². The van der Waals surface area contributed by atoms with Crippen LogP contribution in [0.5, 0.6) is 0 Å². The molecule has 0 spiro atoms. The van der Waals surface area contributed by atoms with Gasteiger partial charge >= 0.3 is 0 Å². The summed E-state index contributed by atoms with van der Waals surface area (Å²) in [5.41, 5.74) is 7.55. The number of halogens is 1. The van der Waals surface area contributed by atoms with Gasteiger partial charge in [0.15, 0.2) is 0 Å². The maximum absolute atomic E-state index is 13.3. The molecule has 18 heavy (non-hydrogen) atoms. The fraction of sp³-hybridized carbons (Fsp3) is 0.200. The number of hydrogen-bond donors (Lipinski definition) is 1. The van der Waals surface area contributed by atoms with Crippen LogP contribution >= 0.6 is 0 Å². The number of nitrogens with two attached hydrogens (primary N) is 1. The van der Waals surface area contributed by atoms with E-state index in [4.69, 9.17) is 10.5 Å². The molecule has 2 aromatic carbocycles. The molecule has 2 N–H and O–H groups in total. The van der Waals surface area contributed by atoms with E-state index >= 15 is 0 Å². The van der Waals surface area contributed by atoms with Crippen LogP contribution in [0.3, 0.4) is 0 Å². The fourth-order valence-electron chi connectivity index (χ4n) is 1.71. The third-order valence-corrected chi connectivity index (χ3v) is 2.74. The first-order valence-corrected chi connectivity index (χ1v) is 5.89. The molecule has 0 bridgehead atoms. The Labute approximate surface area is 106 Å². The largest absolute Gasteiger partial charge is 0.375 e. The molecule has 94 valence electrons. The molecular weight excluding hydrogens is 229 g/mol. The van der Waals surface area contributed by atoms with E-state index in [1.807, 2.05) is 30.3 Å². The smallest absolute Gasteiger partial charge is 0.128 e. The fourth-order valence-corrected chi connectivity index (χ4v) is 1.71. The van der Waals surface area contributed by atoms with E-state index in [0.29, 0.717) is 12.2 Å². The highest BCUT2D eigenvalue weighted by Gasteiger charge is 2.06. The zero-order chi connectivity index (χ0) is 12.8. The van der Waals surface area contributed by atoms with Crippen molar-refractivity contribution in [3.05, 3.63) is 71.5 Å². The van der Waals surface area contributed by atoms with Gasteiger partial charge in [0, 0.05) is 5.56 Å². The summed E-state index contributed by atoms with van der Waals surface area (Å²) >= 11 is 0. The van der Waals surface area contributed by atoms with Crippen molar-refractivity contribution in [2.75, 3.05) is 6.61 Å². The second kappa shape index (κ2) is 6.28. The number of benzene rings is 2. The molecule has 3 heteroatoms. The number of hydrogen-bond acceptors (Lipinski definition) is 2. The van der Waals surface area contributed by atoms with Crippen molar-refractivity contribution in [3.8, 4) is 0 Å². The summed E-state index contributed by atoms with van der Waals surface area (Å²) in [6.07, 6.45) is 0. The molecule has 2 rings (SSSR count). The molecule has 0 saturated heterocycles. The van der Waals surface area contributed by atoms with Gasteiger partial charge in [-0.3, -0.25) is 0 Å². The Morgan fingerprint density at radius 3 is 2.39 bits per heavy atom. The Morgan fingerprint density at radius 1 is 1.00 bits per heavy atom. The molecule has 0 aliphatic rings. The third-order valence-electron chi connectivity index (χ3n) is 2.74. The first-order chi connectivity index (χ1) is 8.77. The van der Waals surface area contributed by atoms with Crippen molar-refractivity contribution in [3.63, 3.8) is 0 Å². The average Bonchev–Trinajstić information content (AvgIpc) is 2.42. The molecule has 0 radical (unpaired) electrons. The van der Waals surface area contributed by atoms with Crippen LogP contribution < -0.4 is 5.73 Å². The molecule has 0 heterocycles. The molecule has 0 aromatic heterocycles. The van der Waals surface area contributed by atoms with E-state index < -0.39 is 0 Å². The molecule has 2 aromatic rings. The van der Waals surface area contributed by atoms with E-state index in [0.717, 1.165) is 5.56 Å². The Morgan fingerprint density at radius 2 is 1.67 bits per heavy atom. The molecule has 2 nitrogen and oxygen atoms in total. The highest BCUT2D eigenvalue weighted by atomic mass is 19.1. The predicted octanol–water partition coefficient (Wildman–Crippen LogP) is 3.04. The SMILES string of the molecule is NC(COCc1ccccc1F)c1ccccc1. The zero-order valence-electron chi connectivity index (χ0n) is 10.1. The van der Waals surface area contributed by atoms with Crippen molar-refractivity contribution in [2.24, 2.45) is 5.73 Å². The van der Waals surface area contributed by atoms with Crippen LogP contribution in [0.15, 0.2) is 54.6 Å². The van der Waals surface area contributed by atoms with Gasteiger partial charge in [-0.25, -0.2) is 4.39 Å². The average molecular weight is 245 g/mol. The zero-order valence-corrected chi connectivity index (χ0v) is 10.1. The summed E-state index contributed by atoms with van der Waals surface area (Å²) in [6, 6.07) is 16.1. The van der Waals surface area contributed by atoms with Gasteiger partial charge in [0.2, 0.25) is 0 Å². The van der Waals surface area contributed by atoms with E-state index in [2.05, 4.69) is 0 Å². The molecule has 0 amide bonds. The van der Waals surface area contributed by atoms with Crippen LogP contribution in [0.4, 0.5) is 4.39 Å². The monoisotopic (exact) mass is 245 g/mol. The first-order valence-electron chi connectivity index (χ1n) is 5.89. The lowest BCUT2D eigenvalue weighted by Crippen LogP contribution is -2.17. The highest BCUT2D eigenvalue weighted by molar-refractivity contribution is 5.19. The summed E-state index contributed by atoms with van der Waals surface area (Å²) < 4.78 is 18.8. The van der Waals surface area contributed by atoms with E-state index in [1.165, 1.54) is 6.07 Å². The van der Waals surface area contributed by atoms with Crippen molar-refractivity contribution in [1.82, 2.24) is 0 Å². The molecular formula is C15H16FNO. The second-order valence-corrected chi connectivity index (χ2v) is 4.12. The summed E-state index contributed by atoms with van der Waals surface area (Å²) in [5, 5.41) is 0. The molecule has 0 aliphatic heterocycles. The lowest BCUT2D eigenvalue weighted by Gasteiger charge is -2.12. The third kappa shape index (κ3) is 3.39. The predicted molar refractivity (Wildman–Crippen MR) is 69.4 cm³/mol. The standard InChI is InChI=1S/C15H16FNO/c16-14-9-5-4-8-13(14)10-18-11-15(17)12-6-2-1-3-7-12/h1-9,15H,10-11,17H2. The lowest BCUT2D eigenvalue weighted by molar-refractivity contribution is 0.106. The second-order valence-electron chi connectivity index (χ2n) is 4.12. The van der Waals surface area contributed by atoms with Crippen LogP contribution in [-0.2, 0) is 11.3 Å². The quantitative estimate of drug-likeness (QED) is 0.878. The van der Waals surface area contributed by atoms with Gasteiger partial charge in [0.25, 0.3) is 0 Å². The van der Waals surface area contributed by atoms with E-state index in [1.54, 1.807) is 18.2 Å². The summed E-state index contributed by atoms with van der Waals surface area (Å²) in [6.45, 7) is 0.617. The van der Waals surface area contributed by atoms with Crippen LogP contribution in [0.25, 0.3) is 0 Å². The Hall–Kier alpha value is -1.71. The van der Waals surface area contributed by atoms with Gasteiger partial charge in [-0.1, -0.05) is 48.5 Å².